The van der Waals surface area contributed by atoms with Crippen molar-refractivity contribution in [2.24, 2.45) is 0 Å². The summed E-state index contributed by atoms with van der Waals surface area (Å²) in [7, 11) is 0. The summed E-state index contributed by atoms with van der Waals surface area (Å²) >= 11 is 0. The van der Waals surface area contributed by atoms with Crippen LogP contribution in [0.5, 0.6) is 0 Å². The van der Waals surface area contributed by atoms with Crippen molar-refractivity contribution in [1.82, 2.24) is 10.2 Å². The van der Waals surface area contributed by atoms with Gasteiger partial charge in [0.05, 0.1) is 6.04 Å². The van der Waals surface area contributed by atoms with Crippen LogP contribution in [0, 0.1) is 17.5 Å². The van der Waals surface area contributed by atoms with Gasteiger partial charge >= 0.3 is 0 Å². The van der Waals surface area contributed by atoms with Crippen LogP contribution in [0.3, 0.4) is 0 Å². The second kappa shape index (κ2) is 8.67. The Kier molecular flexibility index (Phi) is 8.42. The van der Waals surface area contributed by atoms with Crippen LogP contribution in [-0.2, 0) is 0 Å². The van der Waals surface area contributed by atoms with E-state index in [4.69, 9.17) is 0 Å². The number of nitrogens with one attached hydrogen (secondary N) is 1. The number of nitrogens with zero attached hydrogens (tertiary/aromatic N) is 1. The summed E-state index contributed by atoms with van der Waals surface area (Å²) in [6, 6.07) is 1.01. The average Bonchev–Trinajstić information content (AvgIpc) is 2.38. The molecule has 1 aliphatic heterocycles. The van der Waals surface area contributed by atoms with Crippen molar-refractivity contribution in [2.45, 2.75) is 6.04 Å². The lowest BCUT2D eigenvalue weighted by Crippen LogP contribution is -2.45. The molecule has 0 aliphatic carbocycles. The molecular formula is C12H16Cl2F4N2. The van der Waals surface area contributed by atoms with Crippen molar-refractivity contribution in [3.05, 3.63) is 35.1 Å². The molecule has 0 radical (unpaired) electrons. The van der Waals surface area contributed by atoms with Crippen LogP contribution in [0.1, 0.15) is 11.6 Å². The number of benzene rings is 1. The topological polar surface area (TPSA) is 15.3 Å². The van der Waals surface area contributed by atoms with Gasteiger partial charge in [-0.1, -0.05) is 0 Å². The Balaban J connectivity index is 0.00000180. The fourth-order valence-electron chi connectivity index (χ4n) is 2.16. The van der Waals surface area contributed by atoms with Crippen molar-refractivity contribution in [3.8, 4) is 0 Å². The fourth-order valence-corrected chi connectivity index (χ4v) is 2.16. The molecule has 0 saturated carbocycles. The van der Waals surface area contributed by atoms with Gasteiger partial charge in [0, 0.05) is 26.2 Å². The maximum absolute atomic E-state index is 13.1. The van der Waals surface area contributed by atoms with Gasteiger partial charge in [0.1, 0.15) is 6.67 Å². The van der Waals surface area contributed by atoms with Crippen LogP contribution in [0.2, 0.25) is 0 Å². The van der Waals surface area contributed by atoms with Crippen molar-refractivity contribution in [3.63, 3.8) is 0 Å². The van der Waals surface area contributed by atoms with E-state index in [2.05, 4.69) is 5.32 Å². The molecule has 0 bridgehead atoms. The summed E-state index contributed by atoms with van der Waals surface area (Å²) < 4.78 is 52.2. The van der Waals surface area contributed by atoms with E-state index in [0.29, 0.717) is 26.2 Å². The van der Waals surface area contributed by atoms with Gasteiger partial charge < -0.3 is 5.32 Å². The third-order valence-electron chi connectivity index (χ3n) is 3.13. The van der Waals surface area contributed by atoms with Crippen LogP contribution in [0.15, 0.2) is 12.1 Å². The van der Waals surface area contributed by atoms with E-state index in [1.54, 1.807) is 4.90 Å². The number of halogens is 6. The van der Waals surface area contributed by atoms with E-state index in [-0.39, 0.29) is 30.4 Å². The van der Waals surface area contributed by atoms with Crippen LogP contribution in [0.4, 0.5) is 17.6 Å². The van der Waals surface area contributed by atoms with Gasteiger partial charge in [0.25, 0.3) is 0 Å². The zero-order valence-electron chi connectivity index (χ0n) is 10.5. The Morgan fingerprint density at radius 3 is 2.00 bits per heavy atom. The van der Waals surface area contributed by atoms with Gasteiger partial charge in [-0.05, 0) is 17.7 Å². The van der Waals surface area contributed by atoms with Crippen molar-refractivity contribution in [1.29, 1.82) is 0 Å². The van der Waals surface area contributed by atoms with Gasteiger partial charge in [0.2, 0.25) is 0 Å². The molecule has 1 saturated heterocycles. The molecule has 1 aromatic carbocycles. The monoisotopic (exact) mass is 334 g/mol. The molecule has 2 nitrogen and oxygen atoms in total. The predicted molar refractivity (Wildman–Crippen MR) is 74.0 cm³/mol. The summed E-state index contributed by atoms with van der Waals surface area (Å²) in [5, 5.41) is 3.10. The maximum atomic E-state index is 13.1. The first-order valence-corrected chi connectivity index (χ1v) is 5.78. The Bertz CT molecular complexity index is 405. The highest BCUT2D eigenvalue weighted by Gasteiger charge is 2.24. The Morgan fingerprint density at radius 2 is 1.55 bits per heavy atom. The van der Waals surface area contributed by atoms with E-state index in [0.717, 1.165) is 12.1 Å². The highest BCUT2D eigenvalue weighted by molar-refractivity contribution is 5.85. The van der Waals surface area contributed by atoms with Crippen molar-refractivity contribution < 1.29 is 17.6 Å². The highest BCUT2D eigenvalue weighted by Crippen LogP contribution is 2.25. The average molecular weight is 335 g/mol. The lowest BCUT2D eigenvalue weighted by Gasteiger charge is -2.33. The molecule has 1 aliphatic rings. The third-order valence-corrected chi connectivity index (χ3v) is 3.13. The third kappa shape index (κ3) is 4.22. The molecule has 0 amide bonds. The van der Waals surface area contributed by atoms with Gasteiger partial charge in [-0.15, -0.1) is 24.8 Å². The molecule has 0 unspecified atom stereocenters. The van der Waals surface area contributed by atoms with Crippen LogP contribution < -0.4 is 5.32 Å². The first kappa shape index (κ1) is 19.4. The smallest absolute Gasteiger partial charge is 0.194 e. The molecule has 2 rings (SSSR count). The summed E-state index contributed by atoms with van der Waals surface area (Å²) in [6.45, 7) is 1.82. The fraction of sp³-hybridized carbons (Fsp3) is 0.500. The number of rotatable bonds is 3. The molecule has 116 valence electrons. The molecule has 0 spiro atoms. The summed E-state index contributed by atoms with van der Waals surface area (Å²) in [6.07, 6.45) is 0. The quantitative estimate of drug-likeness (QED) is 0.675. The SMILES string of the molecule is Cl.Cl.FC[C@@H](c1cc(F)c(F)c(F)c1)N1CCNCC1. The normalized spacial score (nSPS) is 17.0. The highest BCUT2D eigenvalue weighted by atomic mass is 35.5. The van der Waals surface area contributed by atoms with Gasteiger partial charge in [-0.25, -0.2) is 17.6 Å². The summed E-state index contributed by atoms with van der Waals surface area (Å²) in [5.41, 5.74) is 0.135. The molecule has 1 N–H and O–H groups in total. The summed E-state index contributed by atoms with van der Waals surface area (Å²) in [5.74, 6) is -4.08. The van der Waals surface area contributed by atoms with E-state index in [9.17, 15) is 17.6 Å². The first-order chi connectivity index (χ1) is 8.63. The second-order valence-electron chi connectivity index (χ2n) is 4.25. The number of piperazine rings is 1. The first-order valence-electron chi connectivity index (χ1n) is 5.78. The molecule has 1 aromatic rings. The zero-order valence-corrected chi connectivity index (χ0v) is 12.2. The van der Waals surface area contributed by atoms with E-state index >= 15 is 0 Å². The molecule has 20 heavy (non-hydrogen) atoms. The van der Waals surface area contributed by atoms with Crippen LogP contribution in [-0.4, -0.2) is 37.8 Å². The second-order valence-corrected chi connectivity index (χ2v) is 4.25. The Morgan fingerprint density at radius 1 is 1.05 bits per heavy atom. The molecule has 8 heteroatoms. The standard InChI is InChI=1S/C12H14F4N2.2ClH/c13-7-11(18-3-1-17-2-4-18)8-5-9(14)12(16)10(15)6-8;;/h5-6,11,17H,1-4,7H2;2*1H/t11-;;/m0../s1. The largest absolute Gasteiger partial charge is 0.314 e. The molecule has 1 atom stereocenters. The Hall–Kier alpha value is -0.560. The van der Waals surface area contributed by atoms with Gasteiger partial charge in [0.15, 0.2) is 17.5 Å². The van der Waals surface area contributed by atoms with E-state index in [1.807, 2.05) is 0 Å². The van der Waals surface area contributed by atoms with E-state index in [1.165, 1.54) is 0 Å². The van der Waals surface area contributed by atoms with Crippen LogP contribution >= 0.6 is 24.8 Å². The minimum atomic E-state index is -1.52. The summed E-state index contributed by atoms with van der Waals surface area (Å²) in [4.78, 5) is 1.79. The van der Waals surface area contributed by atoms with Crippen molar-refractivity contribution in [2.75, 3.05) is 32.9 Å². The molecule has 1 fully saturated rings. The number of alkyl halides is 1. The minimum Gasteiger partial charge on any atom is -0.314 e. The van der Waals surface area contributed by atoms with E-state index < -0.39 is 30.2 Å². The number of hydrogen-bond acceptors (Lipinski definition) is 2. The minimum absolute atomic E-state index is 0. The number of hydrogen-bond donors (Lipinski definition) is 1. The van der Waals surface area contributed by atoms with Crippen molar-refractivity contribution >= 4 is 24.8 Å². The Labute approximate surface area is 127 Å². The van der Waals surface area contributed by atoms with Gasteiger partial charge in [-0.3, -0.25) is 4.90 Å². The molecule has 1 heterocycles. The maximum Gasteiger partial charge on any atom is 0.194 e. The predicted octanol–water partition coefficient (Wildman–Crippen LogP) is 2.86. The van der Waals surface area contributed by atoms with Gasteiger partial charge in [-0.2, -0.15) is 0 Å². The molecule has 0 aromatic heterocycles. The molecular weight excluding hydrogens is 319 g/mol. The van der Waals surface area contributed by atoms with Crippen LogP contribution in [0.25, 0.3) is 0 Å². The lowest BCUT2D eigenvalue weighted by atomic mass is 10.0. The zero-order chi connectivity index (χ0) is 13.1. The lowest BCUT2D eigenvalue weighted by molar-refractivity contribution is 0.147.